The lowest BCUT2D eigenvalue weighted by Gasteiger charge is -2.14. The normalized spacial score (nSPS) is 19.2. The average Bonchev–Trinajstić information content (AvgIpc) is 2.06. The van der Waals surface area contributed by atoms with Crippen molar-refractivity contribution in [2.75, 3.05) is 6.61 Å². The van der Waals surface area contributed by atoms with Gasteiger partial charge in [0.15, 0.2) is 0 Å². The second kappa shape index (κ2) is 6.39. The molecule has 0 heterocycles. The van der Waals surface area contributed by atoms with Gasteiger partial charge in [-0.3, -0.25) is 0 Å². The fourth-order valence-electron chi connectivity index (χ4n) is 1.08. The minimum atomic E-state index is 0.0359. The van der Waals surface area contributed by atoms with Crippen LogP contribution in [0, 0.1) is 5.41 Å². The topological polar surface area (TPSA) is 40.5 Å². The van der Waals surface area contributed by atoms with Gasteiger partial charge < -0.3 is 10.2 Å². The standard InChI is InChI=1S/C6H12O.C5H12O/c7-6-4-2-1-3-5-6;1-5(2,3)4-6/h6-7H,1-5H2;6H,4H2,1-3H3. The summed E-state index contributed by atoms with van der Waals surface area (Å²) in [6.45, 7) is 6.25. The Morgan fingerprint density at radius 3 is 1.62 bits per heavy atom. The summed E-state index contributed by atoms with van der Waals surface area (Å²) in [5.74, 6) is 0. The van der Waals surface area contributed by atoms with Gasteiger partial charge in [-0.1, -0.05) is 40.0 Å². The van der Waals surface area contributed by atoms with Gasteiger partial charge in [-0.25, -0.2) is 0 Å². The van der Waals surface area contributed by atoms with Crippen molar-refractivity contribution in [3.8, 4) is 0 Å². The number of hydrogen-bond acceptors (Lipinski definition) is 2. The van der Waals surface area contributed by atoms with E-state index in [1.165, 1.54) is 19.3 Å². The molecule has 0 bridgehead atoms. The van der Waals surface area contributed by atoms with Crippen molar-refractivity contribution in [3.05, 3.63) is 0 Å². The first-order valence-corrected chi connectivity index (χ1v) is 5.24. The predicted octanol–water partition coefficient (Wildman–Crippen LogP) is 2.34. The molecule has 1 saturated carbocycles. The van der Waals surface area contributed by atoms with Crippen LogP contribution in [0.3, 0.4) is 0 Å². The lowest BCUT2D eigenvalue weighted by atomic mass is 9.98. The lowest BCUT2D eigenvalue weighted by molar-refractivity contribution is 0.130. The molecule has 1 aliphatic carbocycles. The molecule has 1 rings (SSSR count). The summed E-state index contributed by atoms with van der Waals surface area (Å²) in [5.41, 5.74) is 0.0972. The first kappa shape index (κ1) is 12.9. The molecule has 0 aliphatic heterocycles. The van der Waals surface area contributed by atoms with E-state index in [2.05, 4.69) is 0 Å². The minimum Gasteiger partial charge on any atom is -0.396 e. The van der Waals surface area contributed by atoms with E-state index < -0.39 is 0 Å². The maximum Gasteiger partial charge on any atom is 0.0540 e. The lowest BCUT2D eigenvalue weighted by Crippen LogP contribution is -2.09. The smallest absolute Gasteiger partial charge is 0.0540 e. The first-order valence-electron chi connectivity index (χ1n) is 5.24. The third kappa shape index (κ3) is 9.84. The molecule has 2 N–H and O–H groups in total. The summed E-state index contributed by atoms with van der Waals surface area (Å²) >= 11 is 0. The summed E-state index contributed by atoms with van der Waals surface area (Å²) in [6.07, 6.45) is 5.92. The third-order valence-corrected chi connectivity index (χ3v) is 2.05. The van der Waals surface area contributed by atoms with Crippen LogP contribution in [0.4, 0.5) is 0 Å². The van der Waals surface area contributed by atoms with Crippen LogP contribution >= 0.6 is 0 Å². The Morgan fingerprint density at radius 1 is 1.08 bits per heavy atom. The van der Waals surface area contributed by atoms with Gasteiger partial charge in [0.1, 0.15) is 0 Å². The molecule has 0 radical (unpaired) electrons. The van der Waals surface area contributed by atoms with Crippen molar-refractivity contribution in [2.24, 2.45) is 5.41 Å². The van der Waals surface area contributed by atoms with E-state index in [1.54, 1.807) is 0 Å². The second-order valence-corrected chi connectivity index (χ2v) is 5.01. The highest BCUT2D eigenvalue weighted by Gasteiger charge is 2.07. The van der Waals surface area contributed by atoms with E-state index in [-0.39, 0.29) is 18.1 Å². The Morgan fingerprint density at radius 2 is 1.46 bits per heavy atom. The van der Waals surface area contributed by atoms with Crippen LogP contribution in [-0.2, 0) is 0 Å². The van der Waals surface area contributed by atoms with E-state index in [4.69, 9.17) is 10.2 Å². The average molecular weight is 188 g/mol. The van der Waals surface area contributed by atoms with Gasteiger partial charge in [0, 0.05) is 6.61 Å². The van der Waals surface area contributed by atoms with Crippen LogP contribution in [0.1, 0.15) is 52.9 Å². The molecule has 1 aliphatic rings. The highest BCUT2D eigenvalue weighted by Crippen LogP contribution is 2.16. The predicted molar refractivity (Wildman–Crippen MR) is 55.6 cm³/mol. The minimum absolute atomic E-state index is 0.0359. The molecule has 1 fully saturated rings. The first-order chi connectivity index (χ1) is 5.95. The van der Waals surface area contributed by atoms with Gasteiger partial charge in [0.2, 0.25) is 0 Å². The van der Waals surface area contributed by atoms with Gasteiger partial charge in [-0.2, -0.15) is 0 Å². The fourth-order valence-corrected chi connectivity index (χ4v) is 1.08. The molecule has 0 spiro atoms. The van der Waals surface area contributed by atoms with Crippen molar-refractivity contribution in [3.63, 3.8) is 0 Å². The van der Waals surface area contributed by atoms with E-state index in [0.717, 1.165) is 12.8 Å². The van der Waals surface area contributed by atoms with E-state index in [9.17, 15) is 0 Å². The van der Waals surface area contributed by atoms with Crippen LogP contribution in [0.15, 0.2) is 0 Å². The molecule has 0 aromatic heterocycles. The van der Waals surface area contributed by atoms with Crippen LogP contribution in [0.25, 0.3) is 0 Å². The zero-order valence-corrected chi connectivity index (χ0v) is 9.21. The second-order valence-electron chi connectivity index (χ2n) is 5.01. The van der Waals surface area contributed by atoms with Crippen LogP contribution < -0.4 is 0 Å². The van der Waals surface area contributed by atoms with Crippen LogP contribution in [-0.4, -0.2) is 22.9 Å². The zero-order chi connectivity index (χ0) is 10.3. The van der Waals surface area contributed by atoms with Gasteiger partial charge in [-0.05, 0) is 18.3 Å². The highest BCUT2D eigenvalue weighted by molar-refractivity contribution is 4.61. The van der Waals surface area contributed by atoms with Crippen molar-refractivity contribution >= 4 is 0 Å². The van der Waals surface area contributed by atoms with Crippen molar-refractivity contribution < 1.29 is 10.2 Å². The molecule has 80 valence electrons. The Kier molecular flexibility index (Phi) is 6.35. The fraction of sp³-hybridized carbons (Fsp3) is 1.00. The Hall–Kier alpha value is -0.0800. The summed E-state index contributed by atoms with van der Waals surface area (Å²) in [6, 6.07) is 0. The van der Waals surface area contributed by atoms with Crippen LogP contribution in [0.5, 0.6) is 0 Å². The van der Waals surface area contributed by atoms with E-state index in [1.807, 2.05) is 20.8 Å². The maximum atomic E-state index is 8.91. The van der Waals surface area contributed by atoms with Gasteiger partial charge >= 0.3 is 0 Å². The Labute approximate surface area is 82.0 Å². The molecule has 2 nitrogen and oxygen atoms in total. The van der Waals surface area contributed by atoms with Crippen molar-refractivity contribution in [2.45, 2.75) is 59.0 Å². The molecule has 2 heteroatoms. The van der Waals surface area contributed by atoms with Gasteiger partial charge in [0.05, 0.1) is 6.10 Å². The van der Waals surface area contributed by atoms with Crippen molar-refractivity contribution in [1.29, 1.82) is 0 Å². The Balaban J connectivity index is 0.000000226. The SMILES string of the molecule is CC(C)(C)CO.OC1CCCCC1. The number of rotatable bonds is 0. The largest absolute Gasteiger partial charge is 0.396 e. The van der Waals surface area contributed by atoms with E-state index >= 15 is 0 Å². The monoisotopic (exact) mass is 188 g/mol. The van der Waals surface area contributed by atoms with E-state index in [0.29, 0.717) is 0 Å². The van der Waals surface area contributed by atoms with Gasteiger partial charge in [-0.15, -0.1) is 0 Å². The summed E-state index contributed by atoms with van der Waals surface area (Å²) in [5, 5.41) is 17.3. The zero-order valence-electron chi connectivity index (χ0n) is 9.21. The highest BCUT2D eigenvalue weighted by atomic mass is 16.3. The summed E-state index contributed by atoms with van der Waals surface area (Å²) < 4.78 is 0. The number of aliphatic hydroxyl groups excluding tert-OH is 2. The molecule has 0 aromatic carbocycles. The van der Waals surface area contributed by atoms with Crippen LogP contribution in [0.2, 0.25) is 0 Å². The molecule has 0 amide bonds. The molecule has 0 aromatic rings. The molecule has 0 unspecified atom stereocenters. The molecule has 0 saturated heterocycles. The summed E-state index contributed by atoms with van der Waals surface area (Å²) in [7, 11) is 0. The molecule has 13 heavy (non-hydrogen) atoms. The maximum absolute atomic E-state index is 8.91. The third-order valence-electron chi connectivity index (χ3n) is 2.05. The quantitative estimate of drug-likeness (QED) is 0.612. The molecular weight excluding hydrogens is 164 g/mol. The Bertz CT molecular complexity index is 110. The molecule has 0 atom stereocenters. The number of aliphatic hydroxyl groups is 2. The van der Waals surface area contributed by atoms with Gasteiger partial charge in [0.25, 0.3) is 0 Å². The summed E-state index contributed by atoms with van der Waals surface area (Å²) in [4.78, 5) is 0. The molecular formula is C11H24O2. The van der Waals surface area contributed by atoms with Crippen molar-refractivity contribution in [1.82, 2.24) is 0 Å². The number of hydrogen-bond donors (Lipinski definition) is 2.